The molecule has 0 fully saturated rings. The van der Waals surface area contributed by atoms with E-state index >= 15 is 0 Å². The molecular formula is C16H14BrClO2. The van der Waals surface area contributed by atoms with Gasteiger partial charge in [0.15, 0.2) is 11.5 Å². The average molecular weight is 354 g/mol. The standard InChI is InChI=1S/C16H14BrClO2/c1-10-2-4-12(17)9-13(10)16(18)11-3-5-14-15(8-11)20-7-6-19-14/h2-5,8-9,16H,6-7H2,1H3. The van der Waals surface area contributed by atoms with Crippen molar-refractivity contribution in [3.05, 3.63) is 57.6 Å². The highest BCUT2D eigenvalue weighted by atomic mass is 79.9. The van der Waals surface area contributed by atoms with E-state index in [1.54, 1.807) is 0 Å². The molecule has 0 N–H and O–H groups in total. The lowest BCUT2D eigenvalue weighted by molar-refractivity contribution is 0.171. The summed E-state index contributed by atoms with van der Waals surface area (Å²) in [5.74, 6) is 1.56. The molecule has 0 spiro atoms. The summed E-state index contributed by atoms with van der Waals surface area (Å²) >= 11 is 10.1. The van der Waals surface area contributed by atoms with Crippen LogP contribution in [-0.2, 0) is 0 Å². The first kappa shape index (κ1) is 13.8. The van der Waals surface area contributed by atoms with Crippen molar-refractivity contribution in [2.24, 2.45) is 0 Å². The van der Waals surface area contributed by atoms with Crippen molar-refractivity contribution in [1.82, 2.24) is 0 Å². The van der Waals surface area contributed by atoms with Gasteiger partial charge in [0.05, 0.1) is 5.38 Å². The predicted molar refractivity (Wildman–Crippen MR) is 84.0 cm³/mol. The molecule has 104 valence electrons. The molecule has 2 aromatic carbocycles. The fourth-order valence-electron chi connectivity index (χ4n) is 2.28. The first-order valence-electron chi connectivity index (χ1n) is 6.45. The lowest BCUT2D eigenvalue weighted by atomic mass is 9.99. The van der Waals surface area contributed by atoms with Gasteiger partial charge >= 0.3 is 0 Å². The fraction of sp³-hybridized carbons (Fsp3) is 0.250. The summed E-state index contributed by atoms with van der Waals surface area (Å²) in [6.45, 7) is 3.25. The van der Waals surface area contributed by atoms with Crippen LogP contribution in [0.1, 0.15) is 22.1 Å². The smallest absolute Gasteiger partial charge is 0.161 e. The monoisotopic (exact) mass is 352 g/mol. The second-order valence-electron chi connectivity index (χ2n) is 4.77. The maximum Gasteiger partial charge on any atom is 0.161 e. The lowest BCUT2D eigenvalue weighted by Crippen LogP contribution is -2.15. The number of ether oxygens (including phenoxy) is 2. The minimum Gasteiger partial charge on any atom is -0.486 e. The lowest BCUT2D eigenvalue weighted by Gasteiger charge is -2.20. The third-order valence-corrected chi connectivity index (χ3v) is 4.35. The van der Waals surface area contributed by atoms with Crippen molar-refractivity contribution in [2.75, 3.05) is 13.2 Å². The van der Waals surface area contributed by atoms with Gasteiger partial charge in [-0.25, -0.2) is 0 Å². The number of hydrogen-bond donors (Lipinski definition) is 0. The first-order chi connectivity index (χ1) is 9.65. The van der Waals surface area contributed by atoms with Crippen LogP contribution in [-0.4, -0.2) is 13.2 Å². The van der Waals surface area contributed by atoms with Gasteiger partial charge in [0.1, 0.15) is 13.2 Å². The molecular weight excluding hydrogens is 340 g/mol. The van der Waals surface area contributed by atoms with Crippen molar-refractivity contribution in [2.45, 2.75) is 12.3 Å². The quantitative estimate of drug-likeness (QED) is 0.718. The molecule has 0 radical (unpaired) electrons. The molecule has 0 aliphatic carbocycles. The average Bonchev–Trinajstić information content (AvgIpc) is 2.48. The molecule has 20 heavy (non-hydrogen) atoms. The van der Waals surface area contributed by atoms with Gasteiger partial charge in [-0.3, -0.25) is 0 Å². The van der Waals surface area contributed by atoms with E-state index in [0.717, 1.165) is 27.1 Å². The fourth-order valence-corrected chi connectivity index (χ4v) is 3.03. The van der Waals surface area contributed by atoms with Crippen LogP contribution < -0.4 is 9.47 Å². The zero-order valence-corrected chi connectivity index (χ0v) is 13.4. The van der Waals surface area contributed by atoms with E-state index in [9.17, 15) is 0 Å². The number of halogens is 2. The molecule has 4 heteroatoms. The van der Waals surface area contributed by atoms with Gasteiger partial charge in [-0.1, -0.05) is 28.1 Å². The Morgan fingerprint density at radius 3 is 2.60 bits per heavy atom. The summed E-state index contributed by atoms with van der Waals surface area (Å²) in [5.41, 5.74) is 3.28. The summed E-state index contributed by atoms with van der Waals surface area (Å²) in [6, 6.07) is 12.0. The van der Waals surface area contributed by atoms with E-state index in [0.29, 0.717) is 13.2 Å². The summed E-state index contributed by atoms with van der Waals surface area (Å²) in [5, 5.41) is -0.205. The molecule has 0 amide bonds. The number of rotatable bonds is 2. The zero-order valence-electron chi connectivity index (χ0n) is 11.0. The van der Waals surface area contributed by atoms with E-state index < -0.39 is 0 Å². The third kappa shape index (κ3) is 2.65. The summed E-state index contributed by atoms with van der Waals surface area (Å²) in [4.78, 5) is 0. The Hall–Kier alpha value is -1.19. The molecule has 0 aromatic heterocycles. The summed E-state index contributed by atoms with van der Waals surface area (Å²) < 4.78 is 12.2. The van der Waals surface area contributed by atoms with Gasteiger partial charge in [0.25, 0.3) is 0 Å². The second kappa shape index (κ2) is 5.66. The van der Waals surface area contributed by atoms with Crippen molar-refractivity contribution >= 4 is 27.5 Å². The van der Waals surface area contributed by atoms with Crippen molar-refractivity contribution in [3.8, 4) is 11.5 Å². The number of hydrogen-bond acceptors (Lipinski definition) is 2. The molecule has 1 atom stereocenters. The van der Waals surface area contributed by atoms with E-state index in [1.165, 1.54) is 5.56 Å². The number of fused-ring (bicyclic) bond motifs is 1. The molecule has 0 saturated carbocycles. The molecule has 1 aliphatic rings. The first-order valence-corrected chi connectivity index (χ1v) is 7.68. The molecule has 1 unspecified atom stereocenters. The van der Waals surface area contributed by atoms with Crippen molar-refractivity contribution in [3.63, 3.8) is 0 Å². The van der Waals surface area contributed by atoms with E-state index in [-0.39, 0.29) is 5.38 Å². The molecule has 0 saturated heterocycles. The Morgan fingerprint density at radius 2 is 1.80 bits per heavy atom. The molecule has 3 rings (SSSR count). The predicted octanol–water partition coefficient (Wildman–Crippen LogP) is 4.86. The number of alkyl halides is 1. The van der Waals surface area contributed by atoms with Crippen LogP contribution in [0.5, 0.6) is 11.5 Å². The van der Waals surface area contributed by atoms with Gasteiger partial charge in [-0.15, -0.1) is 11.6 Å². The van der Waals surface area contributed by atoms with Gasteiger partial charge in [-0.05, 0) is 47.9 Å². The van der Waals surface area contributed by atoms with Crippen molar-refractivity contribution < 1.29 is 9.47 Å². The highest BCUT2D eigenvalue weighted by molar-refractivity contribution is 9.10. The van der Waals surface area contributed by atoms with Crippen LogP contribution in [0.4, 0.5) is 0 Å². The van der Waals surface area contributed by atoms with E-state index in [4.69, 9.17) is 21.1 Å². The summed E-state index contributed by atoms with van der Waals surface area (Å²) in [6.07, 6.45) is 0. The van der Waals surface area contributed by atoms with Gasteiger partial charge in [0, 0.05) is 4.47 Å². The molecule has 0 bridgehead atoms. The number of benzene rings is 2. The van der Waals surface area contributed by atoms with Crippen LogP contribution in [0.3, 0.4) is 0 Å². The maximum absolute atomic E-state index is 6.63. The highest BCUT2D eigenvalue weighted by Gasteiger charge is 2.18. The molecule has 2 aromatic rings. The number of aryl methyl sites for hydroxylation is 1. The Bertz CT molecular complexity index is 642. The summed E-state index contributed by atoms with van der Waals surface area (Å²) in [7, 11) is 0. The third-order valence-electron chi connectivity index (χ3n) is 3.37. The maximum atomic E-state index is 6.63. The minimum absolute atomic E-state index is 0.205. The van der Waals surface area contributed by atoms with Crippen LogP contribution in [0, 0.1) is 6.92 Å². The van der Waals surface area contributed by atoms with E-state index in [2.05, 4.69) is 35.0 Å². The Balaban J connectivity index is 1.97. The largest absolute Gasteiger partial charge is 0.486 e. The van der Waals surface area contributed by atoms with Gasteiger partial charge in [0.2, 0.25) is 0 Å². The Morgan fingerprint density at radius 1 is 1.05 bits per heavy atom. The van der Waals surface area contributed by atoms with Crippen molar-refractivity contribution in [1.29, 1.82) is 0 Å². The van der Waals surface area contributed by atoms with Crippen LogP contribution in [0.2, 0.25) is 0 Å². The Labute approximate surface area is 131 Å². The highest BCUT2D eigenvalue weighted by Crippen LogP contribution is 2.38. The SMILES string of the molecule is Cc1ccc(Br)cc1C(Cl)c1ccc2c(c1)OCCO2. The zero-order chi connectivity index (χ0) is 14.1. The Kier molecular flexibility index (Phi) is 3.90. The molecule has 2 nitrogen and oxygen atoms in total. The second-order valence-corrected chi connectivity index (χ2v) is 6.12. The molecule has 1 aliphatic heterocycles. The van der Waals surface area contributed by atoms with Gasteiger partial charge < -0.3 is 9.47 Å². The minimum atomic E-state index is -0.205. The van der Waals surface area contributed by atoms with Gasteiger partial charge in [-0.2, -0.15) is 0 Å². The normalized spacial score (nSPS) is 14.9. The van der Waals surface area contributed by atoms with Crippen LogP contribution >= 0.6 is 27.5 Å². The van der Waals surface area contributed by atoms with Crippen LogP contribution in [0.15, 0.2) is 40.9 Å². The topological polar surface area (TPSA) is 18.5 Å². The van der Waals surface area contributed by atoms with Crippen LogP contribution in [0.25, 0.3) is 0 Å². The molecule has 1 heterocycles. The van der Waals surface area contributed by atoms with E-state index in [1.807, 2.05) is 24.3 Å².